The van der Waals surface area contributed by atoms with E-state index in [2.05, 4.69) is 0 Å². The first-order valence-corrected chi connectivity index (χ1v) is 5.88. The van der Waals surface area contributed by atoms with Gasteiger partial charge in [0.25, 0.3) is 0 Å². The second-order valence-corrected chi connectivity index (χ2v) is 3.96. The van der Waals surface area contributed by atoms with Gasteiger partial charge in [0, 0.05) is 0 Å². The van der Waals surface area contributed by atoms with Crippen LogP contribution in [0.25, 0.3) is 11.1 Å². The van der Waals surface area contributed by atoms with Gasteiger partial charge in [0.1, 0.15) is 11.6 Å². The van der Waals surface area contributed by atoms with Gasteiger partial charge in [0.05, 0.1) is 12.2 Å². The topological polar surface area (TPSA) is 46.5 Å². The van der Waals surface area contributed by atoms with Crippen molar-refractivity contribution in [2.45, 2.75) is 6.92 Å². The second-order valence-electron chi connectivity index (χ2n) is 3.96. The van der Waals surface area contributed by atoms with Gasteiger partial charge >= 0.3 is 5.97 Å². The Labute approximate surface area is 110 Å². The van der Waals surface area contributed by atoms with E-state index in [0.29, 0.717) is 12.2 Å². The number of ether oxygens (including phenoxy) is 1. The summed E-state index contributed by atoms with van der Waals surface area (Å²) in [7, 11) is 0. The van der Waals surface area contributed by atoms with Crippen molar-refractivity contribution in [2.75, 3.05) is 6.61 Å². The van der Waals surface area contributed by atoms with E-state index >= 15 is 0 Å². The van der Waals surface area contributed by atoms with Crippen molar-refractivity contribution in [1.29, 1.82) is 0 Å². The molecule has 0 spiro atoms. The van der Waals surface area contributed by atoms with E-state index in [-0.39, 0.29) is 5.56 Å². The van der Waals surface area contributed by atoms with Gasteiger partial charge in [-0.25, -0.2) is 9.18 Å². The second kappa shape index (κ2) is 5.52. The van der Waals surface area contributed by atoms with E-state index in [1.54, 1.807) is 18.2 Å². The predicted molar refractivity (Wildman–Crippen MR) is 70.0 cm³/mol. The maximum Gasteiger partial charge on any atom is 0.338 e. The molecule has 2 rings (SSSR count). The molecule has 0 saturated heterocycles. The Balaban J connectivity index is 2.36. The van der Waals surface area contributed by atoms with E-state index in [1.807, 2.05) is 19.1 Å². The van der Waals surface area contributed by atoms with Gasteiger partial charge in [-0.3, -0.25) is 0 Å². The minimum atomic E-state index is -1.27. The van der Waals surface area contributed by atoms with E-state index in [0.717, 1.165) is 17.4 Å². The van der Waals surface area contributed by atoms with Crippen molar-refractivity contribution >= 4 is 5.97 Å². The Morgan fingerprint density at radius 3 is 2.37 bits per heavy atom. The molecule has 2 aromatic rings. The fourth-order valence-corrected chi connectivity index (χ4v) is 1.78. The number of carboxylic acid groups (broad SMARTS) is 1. The van der Waals surface area contributed by atoms with Crippen LogP contribution in [0.1, 0.15) is 17.3 Å². The first-order valence-electron chi connectivity index (χ1n) is 5.88. The first-order chi connectivity index (χ1) is 9.11. The molecule has 0 bridgehead atoms. The van der Waals surface area contributed by atoms with Gasteiger partial charge in [-0.1, -0.05) is 18.2 Å². The molecule has 98 valence electrons. The Hall–Kier alpha value is -2.36. The van der Waals surface area contributed by atoms with Crippen LogP contribution in [0.4, 0.5) is 4.39 Å². The highest BCUT2D eigenvalue weighted by atomic mass is 19.1. The zero-order valence-corrected chi connectivity index (χ0v) is 10.4. The molecule has 0 unspecified atom stereocenters. The van der Waals surface area contributed by atoms with Crippen LogP contribution >= 0.6 is 0 Å². The van der Waals surface area contributed by atoms with Gasteiger partial charge in [-0.2, -0.15) is 0 Å². The van der Waals surface area contributed by atoms with E-state index in [1.165, 1.54) is 6.07 Å². The summed E-state index contributed by atoms with van der Waals surface area (Å²) in [4.78, 5) is 10.9. The van der Waals surface area contributed by atoms with Gasteiger partial charge < -0.3 is 9.84 Å². The number of aromatic carboxylic acids is 1. The van der Waals surface area contributed by atoms with Crippen molar-refractivity contribution in [2.24, 2.45) is 0 Å². The number of hydrogen-bond acceptors (Lipinski definition) is 2. The van der Waals surface area contributed by atoms with Crippen molar-refractivity contribution in [3.63, 3.8) is 0 Å². The summed E-state index contributed by atoms with van der Waals surface area (Å²) in [6, 6.07) is 11.2. The molecule has 0 saturated carbocycles. The number of benzene rings is 2. The van der Waals surface area contributed by atoms with Crippen LogP contribution in [0.5, 0.6) is 5.75 Å². The normalized spacial score (nSPS) is 10.2. The molecule has 0 fully saturated rings. The minimum Gasteiger partial charge on any atom is -0.494 e. The van der Waals surface area contributed by atoms with Crippen LogP contribution in [-0.2, 0) is 0 Å². The average Bonchev–Trinajstić information content (AvgIpc) is 2.40. The SMILES string of the molecule is CCOc1ccc(-c2ccc(F)c(C(=O)O)c2)cc1. The Kier molecular flexibility index (Phi) is 3.80. The van der Waals surface area contributed by atoms with E-state index in [4.69, 9.17) is 9.84 Å². The molecule has 0 aliphatic carbocycles. The summed E-state index contributed by atoms with van der Waals surface area (Å²) < 4.78 is 18.6. The number of halogens is 1. The summed E-state index contributed by atoms with van der Waals surface area (Å²) in [5.74, 6) is -1.26. The number of carbonyl (C=O) groups is 1. The molecule has 2 aromatic carbocycles. The van der Waals surface area contributed by atoms with Crippen molar-refractivity contribution < 1.29 is 19.0 Å². The Morgan fingerprint density at radius 1 is 1.16 bits per heavy atom. The third kappa shape index (κ3) is 2.91. The molecule has 0 amide bonds. The lowest BCUT2D eigenvalue weighted by atomic mass is 10.0. The molecule has 0 atom stereocenters. The fraction of sp³-hybridized carbons (Fsp3) is 0.133. The number of rotatable bonds is 4. The number of hydrogen-bond donors (Lipinski definition) is 1. The molecule has 1 N–H and O–H groups in total. The quantitative estimate of drug-likeness (QED) is 0.913. The van der Waals surface area contributed by atoms with Gasteiger partial charge in [-0.15, -0.1) is 0 Å². The average molecular weight is 260 g/mol. The van der Waals surface area contributed by atoms with E-state index < -0.39 is 11.8 Å². The maximum absolute atomic E-state index is 13.3. The van der Waals surface area contributed by atoms with Crippen molar-refractivity contribution in [1.82, 2.24) is 0 Å². The molecule has 0 aromatic heterocycles. The van der Waals surface area contributed by atoms with Crippen molar-refractivity contribution in [3.8, 4) is 16.9 Å². The molecule has 0 aliphatic rings. The molecule has 3 nitrogen and oxygen atoms in total. The maximum atomic E-state index is 13.3. The fourth-order valence-electron chi connectivity index (χ4n) is 1.78. The zero-order chi connectivity index (χ0) is 13.8. The van der Waals surface area contributed by atoms with Gasteiger partial charge in [0.15, 0.2) is 0 Å². The van der Waals surface area contributed by atoms with Crippen molar-refractivity contribution in [3.05, 3.63) is 53.8 Å². The highest BCUT2D eigenvalue weighted by Gasteiger charge is 2.11. The van der Waals surface area contributed by atoms with Crippen LogP contribution in [0.2, 0.25) is 0 Å². The van der Waals surface area contributed by atoms with Gasteiger partial charge in [-0.05, 0) is 42.3 Å². The molecule has 0 heterocycles. The zero-order valence-electron chi connectivity index (χ0n) is 10.4. The van der Waals surface area contributed by atoms with Crippen LogP contribution < -0.4 is 4.74 Å². The summed E-state index contributed by atoms with van der Waals surface area (Å²) >= 11 is 0. The molecule has 0 radical (unpaired) electrons. The third-order valence-corrected chi connectivity index (χ3v) is 2.70. The summed E-state index contributed by atoms with van der Waals surface area (Å²) in [6.45, 7) is 2.48. The van der Waals surface area contributed by atoms with E-state index in [9.17, 15) is 9.18 Å². The third-order valence-electron chi connectivity index (χ3n) is 2.70. The molecular formula is C15H13FO3. The highest BCUT2D eigenvalue weighted by molar-refractivity contribution is 5.89. The van der Waals surface area contributed by atoms with Crippen LogP contribution in [0.3, 0.4) is 0 Å². The lowest BCUT2D eigenvalue weighted by molar-refractivity contribution is 0.0692. The molecule has 4 heteroatoms. The predicted octanol–water partition coefficient (Wildman–Crippen LogP) is 3.59. The summed E-state index contributed by atoms with van der Waals surface area (Å²) in [6.07, 6.45) is 0. The van der Waals surface area contributed by atoms with Crippen LogP contribution in [0.15, 0.2) is 42.5 Å². The number of carboxylic acids is 1. The lowest BCUT2D eigenvalue weighted by Crippen LogP contribution is -2.00. The minimum absolute atomic E-state index is 0.327. The smallest absolute Gasteiger partial charge is 0.338 e. The first kappa shape index (κ1) is 13.1. The van der Waals surface area contributed by atoms with Gasteiger partial charge in [0.2, 0.25) is 0 Å². The standard InChI is InChI=1S/C15H13FO3/c1-2-19-12-6-3-10(4-7-12)11-5-8-14(16)13(9-11)15(17)18/h3-9H,2H2,1H3,(H,17,18). The van der Waals surface area contributed by atoms with Crippen LogP contribution in [-0.4, -0.2) is 17.7 Å². The summed E-state index contributed by atoms with van der Waals surface area (Å²) in [5, 5.41) is 8.89. The Morgan fingerprint density at radius 2 is 1.79 bits per heavy atom. The highest BCUT2D eigenvalue weighted by Crippen LogP contribution is 2.24. The monoisotopic (exact) mass is 260 g/mol. The molecule has 19 heavy (non-hydrogen) atoms. The molecular weight excluding hydrogens is 247 g/mol. The van der Waals surface area contributed by atoms with Crippen LogP contribution in [0, 0.1) is 5.82 Å². The molecule has 0 aliphatic heterocycles. The largest absolute Gasteiger partial charge is 0.494 e. The summed E-state index contributed by atoms with van der Waals surface area (Å²) in [5.41, 5.74) is 1.14. The Bertz CT molecular complexity index is 591. The lowest BCUT2D eigenvalue weighted by Gasteiger charge is -2.06.